The molecule has 2 fully saturated rings. The van der Waals surface area contributed by atoms with Crippen LogP contribution in [0.5, 0.6) is 0 Å². The number of ether oxygens (including phenoxy) is 2. The average Bonchev–Trinajstić information content (AvgIpc) is 3.81. The van der Waals surface area contributed by atoms with Gasteiger partial charge in [0.15, 0.2) is 5.78 Å². The summed E-state index contributed by atoms with van der Waals surface area (Å²) >= 11 is 0. The summed E-state index contributed by atoms with van der Waals surface area (Å²) in [4.78, 5) is 71.6. The van der Waals surface area contributed by atoms with E-state index in [0.717, 1.165) is 31.2 Å². The lowest BCUT2D eigenvalue weighted by molar-refractivity contribution is 0.0208. The lowest BCUT2D eigenvalue weighted by Crippen LogP contribution is -2.36. The highest BCUT2D eigenvalue weighted by Crippen LogP contribution is 2.34. The number of rotatable bonds is 6. The SMILES string of the molecule is CC(C)(C)OC(=O)N1CCCC1c1nc2cccc(C(=O)NCC(=O)c3ccc4[nH]c([C@@H]5CCCN5C(=O)OC(C)(C)C)nc4c3)c2[nH]1. The van der Waals surface area contributed by atoms with Crippen molar-refractivity contribution in [2.24, 2.45) is 0 Å². The Labute approximate surface area is 278 Å². The number of fused-ring (bicyclic) bond motifs is 2. The molecule has 0 aliphatic carbocycles. The zero-order chi connectivity index (χ0) is 34.4. The molecule has 0 radical (unpaired) electrons. The fourth-order valence-corrected chi connectivity index (χ4v) is 6.29. The van der Waals surface area contributed by atoms with Gasteiger partial charge in [-0.25, -0.2) is 19.6 Å². The molecule has 1 unspecified atom stereocenters. The normalized spacial score (nSPS) is 18.5. The Bertz CT molecular complexity index is 1880. The minimum Gasteiger partial charge on any atom is -0.444 e. The summed E-state index contributed by atoms with van der Waals surface area (Å²) in [6, 6.07) is 9.84. The van der Waals surface area contributed by atoms with Gasteiger partial charge in [0.2, 0.25) is 0 Å². The molecule has 2 aromatic heterocycles. The van der Waals surface area contributed by atoms with Crippen LogP contribution >= 0.6 is 0 Å². The Morgan fingerprint density at radius 1 is 0.812 bits per heavy atom. The number of ketones is 1. The van der Waals surface area contributed by atoms with Crippen molar-refractivity contribution in [2.75, 3.05) is 19.6 Å². The zero-order valence-corrected chi connectivity index (χ0v) is 28.3. The number of amides is 3. The van der Waals surface area contributed by atoms with Crippen LogP contribution in [0.3, 0.4) is 0 Å². The molecule has 3 amide bonds. The lowest BCUT2D eigenvalue weighted by atomic mass is 10.1. The third-order valence-electron chi connectivity index (χ3n) is 8.41. The van der Waals surface area contributed by atoms with Crippen molar-refractivity contribution in [2.45, 2.75) is 90.5 Å². The molecule has 3 N–H and O–H groups in total. The molecular formula is C35H43N7O6. The average molecular weight is 658 g/mol. The van der Waals surface area contributed by atoms with Crippen molar-refractivity contribution in [1.82, 2.24) is 35.1 Å². The van der Waals surface area contributed by atoms with Gasteiger partial charge in [-0.15, -0.1) is 0 Å². The van der Waals surface area contributed by atoms with Crippen molar-refractivity contribution in [3.63, 3.8) is 0 Å². The maximum absolute atomic E-state index is 13.3. The number of hydrogen-bond acceptors (Lipinski definition) is 8. The van der Waals surface area contributed by atoms with E-state index in [0.29, 0.717) is 52.4 Å². The van der Waals surface area contributed by atoms with E-state index in [2.05, 4.69) is 15.3 Å². The summed E-state index contributed by atoms with van der Waals surface area (Å²) in [5, 5.41) is 2.75. The first-order valence-electron chi connectivity index (χ1n) is 16.5. The molecular weight excluding hydrogens is 614 g/mol. The molecule has 2 saturated heterocycles. The van der Waals surface area contributed by atoms with E-state index in [1.165, 1.54) is 0 Å². The summed E-state index contributed by atoms with van der Waals surface area (Å²) < 4.78 is 11.2. The largest absolute Gasteiger partial charge is 0.444 e. The molecule has 0 spiro atoms. The Balaban J connectivity index is 1.13. The molecule has 2 atom stereocenters. The van der Waals surface area contributed by atoms with Gasteiger partial charge in [-0.3, -0.25) is 19.4 Å². The Hall–Kier alpha value is -4.94. The van der Waals surface area contributed by atoms with Crippen LogP contribution < -0.4 is 5.32 Å². The number of H-pyrrole nitrogens is 2. The molecule has 254 valence electrons. The number of benzene rings is 2. The Morgan fingerprint density at radius 2 is 1.40 bits per heavy atom. The van der Waals surface area contributed by atoms with E-state index >= 15 is 0 Å². The summed E-state index contributed by atoms with van der Waals surface area (Å²) in [5.41, 5.74) is 2.00. The van der Waals surface area contributed by atoms with Crippen molar-refractivity contribution in [3.05, 3.63) is 59.2 Å². The fourth-order valence-electron chi connectivity index (χ4n) is 6.29. The third-order valence-corrected chi connectivity index (χ3v) is 8.41. The van der Waals surface area contributed by atoms with Crippen LogP contribution in [0.15, 0.2) is 36.4 Å². The van der Waals surface area contributed by atoms with E-state index in [-0.39, 0.29) is 30.5 Å². The van der Waals surface area contributed by atoms with E-state index in [1.54, 1.807) is 46.2 Å². The molecule has 4 aromatic rings. The molecule has 13 heteroatoms. The summed E-state index contributed by atoms with van der Waals surface area (Å²) in [7, 11) is 0. The van der Waals surface area contributed by atoms with Gasteiger partial charge in [0.05, 0.1) is 46.3 Å². The van der Waals surface area contributed by atoms with Crippen molar-refractivity contribution in [1.29, 1.82) is 0 Å². The second-order valence-corrected chi connectivity index (χ2v) is 14.4. The van der Waals surface area contributed by atoms with Crippen LogP contribution in [0.4, 0.5) is 9.59 Å². The minimum atomic E-state index is -0.617. The predicted octanol–water partition coefficient (Wildman–Crippen LogP) is 6.20. The maximum Gasteiger partial charge on any atom is 0.410 e. The zero-order valence-electron chi connectivity index (χ0n) is 28.3. The Morgan fingerprint density at radius 3 is 2.00 bits per heavy atom. The predicted molar refractivity (Wildman–Crippen MR) is 179 cm³/mol. The quantitative estimate of drug-likeness (QED) is 0.207. The number of likely N-dealkylation sites (tertiary alicyclic amines) is 2. The van der Waals surface area contributed by atoms with E-state index in [9.17, 15) is 19.2 Å². The van der Waals surface area contributed by atoms with Crippen molar-refractivity contribution >= 4 is 45.9 Å². The first-order valence-corrected chi connectivity index (χ1v) is 16.5. The molecule has 2 aliphatic rings. The first-order chi connectivity index (χ1) is 22.7. The van der Waals surface area contributed by atoms with Gasteiger partial charge >= 0.3 is 12.2 Å². The van der Waals surface area contributed by atoms with Crippen LogP contribution in [-0.4, -0.2) is 84.4 Å². The van der Waals surface area contributed by atoms with Crippen molar-refractivity contribution in [3.8, 4) is 0 Å². The molecule has 48 heavy (non-hydrogen) atoms. The number of aromatic nitrogens is 4. The number of nitrogens with zero attached hydrogens (tertiary/aromatic N) is 4. The van der Waals surface area contributed by atoms with Crippen LogP contribution in [0.25, 0.3) is 22.1 Å². The second kappa shape index (κ2) is 12.6. The fraction of sp³-hybridized carbons (Fsp3) is 0.486. The number of nitrogens with one attached hydrogen (secondary N) is 3. The monoisotopic (exact) mass is 657 g/mol. The van der Waals surface area contributed by atoms with Crippen LogP contribution in [0.2, 0.25) is 0 Å². The number of hydrogen-bond donors (Lipinski definition) is 3. The number of imidazole rings is 2. The summed E-state index contributed by atoms with van der Waals surface area (Å²) in [5.74, 6) is 0.530. The van der Waals surface area contributed by atoms with Gasteiger partial charge in [0.25, 0.3) is 5.91 Å². The molecule has 6 rings (SSSR count). The first kappa shape index (κ1) is 33.0. The van der Waals surface area contributed by atoms with E-state index in [1.807, 2.05) is 41.5 Å². The molecule has 4 heterocycles. The minimum absolute atomic E-state index is 0.219. The summed E-state index contributed by atoms with van der Waals surface area (Å²) in [6.07, 6.45) is 2.35. The standard InChI is InChI=1S/C35H43N7O6/c1-34(2,3)47-32(45)41-16-8-12-25(41)29-37-22-15-14-20(18-24(22)39-29)27(43)19-36-31(44)21-10-7-11-23-28(21)40-30(38-23)26-13-9-17-42(26)33(46)48-35(4,5)6/h7,10-11,14-15,18,25-26H,8-9,12-13,16-17,19H2,1-6H3,(H,36,44)(H,37,39)(H,38,40)/t25-,26?/m0/s1. The van der Waals surface area contributed by atoms with Crippen LogP contribution in [0, 0.1) is 0 Å². The smallest absolute Gasteiger partial charge is 0.410 e. The lowest BCUT2D eigenvalue weighted by Gasteiger charge is -2.27. The molecule has 2 aliphatic heterocycles. The molecule has 0 bridgehead atoms. The molecule has 0 saturated carbocycles. The third kappa shape index (κ3) is 6.99. The van der Waals surface area contributed by atoms with Gasteiger partial charge < -0.3 is 24.8 Å². The van der Waals surface area contributed by atoms with Gasteiger partial charge in [0.1, 0.15) is 22.9 Å². The van der Waals surface area contributed by atoms with Crippen molar-refractivity contribution < 1.29 is 28.7 Å². The van der Waals surface area contributed by atoms with Gasteiger partial charge in [-0.1, -0.05) is 6.07 Å². The number of Topliss-reactive ketones (excluding diaryl/α,β-unsaturated/α-hetero) is 1. The highest BCUT2D eigenvalue weighted by molar-refractivity contribution is 6.08. The topological polar surface area (TPSA) is 163 Å². The molecule has 13 nitrogen and oxygen atoms in total. The van der Waals surface area contributed by atoms with Crippen LogP contribution in [-0.2, 0) is 9.47 Å². The number of aromatic amines is 2. The number of para-hydroxylation sites is 1. The van der Waals surface area contributed by atoms with E-state index in [4.69, 9.17) is 19.4 Å². The number of carbonyl (C=O) groups is 4. The van der Waals surface area contributed by atoms with E-state index < -0.39 is 23.2 Å². The maximum atomic E-state index is 13.3. The van der Waals surface area contributed by atoms with Crippen LogP contribution in [0.1, 0.15) is 112 Å². The summed E-state index contributed by atoms with van der Waals surface area (Å²) in [6.45, 7) is 11.9. The second-order valence-electron chi connectivity index (χ2n) is 14.4. The highest BCUT2D eigenvalue weighted by atomic mass is 16.6. The number of carbonyl (C=O) groups excluding carboxylic acids is 4. The van der Waals surface area contributed by atoms with Gasteiger partial charge in [-0.05, 0) is 97.6 Å². The Kier molecular flexibility index (Phi) is 8.65. The highest BCUT2D eigenvalue weighted by Gasteiger charge is 2.36. The van der Waals surface area contributed by atoms with Gasteiger partial charge in [-0.2, -0.15) is 0 Å². The van der Waals surface area contributed by atoms with Gasteiger partial charge in [0, 0.05) is 18.7 Å². The molecule has 2 aromatic carbocycles.